The van der Waals surface area contributed by atoms with Gasteiger partial charge in [0.2, 0.25) is 0 Å². The van der Waals surface area contributed by atoms with Crippen molar-refractivity contribution in [3.05, 3.63) is 74.5 Å². The predicted octanol–water partition coefficient (Wildman–Crippen LogP) is 6.60. The minimum Gasteiger partial charge on any atom is -0.506 e. The highest BCUT2D eigenvalue weighted by molar-refractivity contribution is 14.1. The molecule has 43 heavy (non-hydrogen) atoms. The van der Waals surface area contributed by atoms with Crippen LogP contribution >= 0.6 is 136 Å². The summed E-state index contributed by atoms with van der Waals surface area (Å²) < 4.78 is 20.0. The van der Waals surface area contributed by atoms with E-state index in [1.54, 1.807) is 23.1 Å². The van der Waals surface area contributed by atoms with Gasteiger partial charge in [0.05, 0.1) is 10.7 Å². The van der Waals surface area contributed by atoms with Crippen molar-refractivity contribution in [3.63, 3.8) is 0 Å². The van der Waals surface area contributed by atoms with Gasteiger partial charge in [-0.15, -0.1) is 0 Å². The summed E-state index contributed by atoms with van der Waals surface area (Å²) in [5.41, 5.74) is 0.138. The van der Waals surface area contributed by atoms with Crippen molar-refractivity contribution >= 4 is 153 Å². The molecule has 3 N–H and O–H groups in total. The zero-order chi connectivity index (χ0) is 31.8. The highest BCUT2D eigenvalue weighted by Crippen LogP contribution is 2.29. The van der Waals surface area contributed by atoms with Crippen LogP contribution in [0.1, 0.15) is 31.1 Å². The molecular weight excluding hydrogens is 1240 g/mol. The van der Waals surface area contributed by atoms with Gasteiger partial charge in [-0.3, -0.25) is 4.90 Å². The monoisotopic (exact) mass is 1260 g/mol. The predicted molar refractivity (Wildman–Crippen MR) is 208 cm³/mol. The van der Waals surface area contributed by atoms with E-state index in [0.717, 1.165) is 10.7 Å². The maximum atomic E-state index is 12.6. The average Bonchev–Trinajstić information content (AvgIpc) is 2.93. The van der Waals surface area contributed by atoms with Crippen LogP contribution in [0.4, 0.5) is 0 Å². The minimum absolute atomic E-state index is 0.0459. The summed E-state index contributed by atoms with van der Waals surface area (Å²) >= 11 is 11.9. The SMILES string of the molecule is O=C(OCCN(CCOC(=O)c1cc(I)cc(I)c1O)CCOC(=O)c1cc(I)cc(I)c1O)c1cc(I)cc(I)c1O. The number of halogens is 6. The second kappa shape index (κ2) is 17.7. The first-order valence-electron chi connectivity index (χ1n) is 12.1. The Labute approximate surface area is 328 Å². The molecule has 0 aromatic heterocycles. The number of esters is 3. The Bertz CT molecular complexity index is 1360. The number of carbonyl (C=O) groups is 3. The van der Waals surface area contributed by atoms with Crippen molar-refractivity contribution in [3.8, 4) is 17.2 Å². The van der Waals surface area contributed by atoms with Crippen molar-refractivity contribution in [1.29, 1.82) is 0 Å². The molecule has 230 valence electrons. The molecule has 0 saturated heterocycles. The van der Waals surface area contributed by atoms with Crippen molar-refractivity contribution in [2.75, 3.05) is 39.5 Å². The van der Waals surface area contributed by atoms with E-state index >= 15 is 0 Å². The van der Waals surface area contributed by atoms with Crippen LogP contribution in [0.15, 0.2) is 36.4 Å². The van der Waals surface area contributed by atoms with Crippen molar-refractivity contribution in [2.45, 2.75) is 0 Å². The quantitative estimate of drug-likeness (QED) is 0.103. The van der Waals surface area contributed by atoms with E-state index in [4.69, 9.17) is 14.2 Å². The van der Waals surface area contributed by atoms with E-state index in [1.165, 1.54) is 18.2 Å². The number of phenols is 3. The molecule has 3 aromatic carbocycles. The molecule has 16 heteroatoms. The topological polar surface area (TPSA) is 143 Å². The van der Waals surface area contributed by atoms with E-state index in [-0.39, 0.29) is 73.4 Å². The van der Waals surface area contributed by atoms with Crippen molar-refractivity contribution in [2.24, 2.45) is 0 Å². The fourth-order valence-corrected chi connectivity index (χ4v) is 9.07. The van der Waals surface area contributed by atoms with Gasteiger partial charge < -0.3 is 29.5 Å². The second-order valence-electron chi connectivity index (χ2n) is 8.60. The summed E-state index contributed by atoms with van der Waals surface area (Å²) in [7, 11) is 0. The molecule has 0 aliphatic heterocycles. The standard InChI is InChI=1S/C27H21I6NO9/c28-13-7-16(22(35)19(31)10-13)25(38)41-4-1-34(2-5-42-26(39)17-8-14(29)11-20(32)23(17)36)3-6-43-27(40)18-9-15(30)12-21(33)24(18)37/h7-12,35-37H,1-6H2. The lowest BCUT2D eigenvalue weighted by Gasteiger charge is -2.22. The Kier molecular flexibility index (Phi) is 15.3. The Morgan fingerprint density at radius 3 is 1.02 bits per heavy atom. The van der Waals surface area contributed by atoms with Gasteiger partial charge in [-0.1, -0.05) is 0 Å². The van der Waals surface area contributed by atoms with Gasteiger partial charge in [0.1, 0.15) is 53.8 Å². The maximum absolute atomic E-state index is 12.6. The second-order valence-corrected chi connectivity index (χ2v) is 15.8. The first-order valence-corrected chi connectivity index (χ1v) is 18.5. The van der Waals surface area contributed by atoms with Crippen LogP contribution in [0.2, 0.25) is 0 Å². The average molecular weight is 1260 g/mol. The van der Waals surface area contributed by atoms with Crippen LogP contribution in [0.3, 0.4) is 0 Å². The summed E-state index contributed by atoms with van der Waals surface area (Å²) in [6, 6.07) is 9.77. The summed E-state index contributed by atoms with van der Waals surface area (Å²) in [5.74, 6) is -2.58. The summed E-state index contributed by atoms with van der Waals surface area (Å²) in [4.78, 5) is 39.7. The molecule has 0 spiro atoms. The lowest BCUT2D eigenvalue weighted by atomic mass is 10.2. The molecule has 0 aliphatic carbocycles. The molecule has 0 bridgehead atoms. The number of hydrogen-bond donors (Lipinski definition) is 3. The third-order valence-electron chi connectivity index (χ3n) is 5.67. The zero-order valence-electron chi connectivity index (χ0n) is 21.7. The number of nitrogens with zero attached hydrogens (tertiary/aromatic N) is 1. The van der Waals surface area contributed by atoms with Crippen LogP contribution in [0.5, 0.6) is 17.2 Å². The Morgan fingerprint density at radius 1 is 0.512 bits per heavy atom. The fourth-order valence-electron chi connectivity index (χ4n) is 3.54. The minimum atomic E-state index is -0.695. The number of rotatable bonds is 12. The largest absolute Gasteiger partial charge is 0.506 e. The van der Waals surface area contributed by atoms with Crippen LogP contribution in [0, 0.1) is 21.4 Å². The van der Waals surface area contributed by atoms with E-state index in [0.29, 0.717) is 10.7 Å². The van der Waals surface area contributed by atoms with Gasteiger partial charge in [0, 0.05) is 30.3 Å². The smallest absolute Gasteiger partial charge is 0.342 e. The number of benzene rings is 3. The van der Waals surface area contributed by atoms with Crippen LogP contribution in [-0.2, 0) is 14.2 Å². The van der Waals surface area contributed by atoms with Gasteiger partial charge in [-0.2, -0.15) is 0 Å². The molecule has 0 heterocycles. The molecule has 0 unspecified atom stereocenters. The van der Waals surface area contributed by atoms with Crippen LogP contribution < -0.4 is 0 Å². The van der Waals surface area contributed by atoms with Crippen LogP contribution in [-0.4, -0.2) is 77.6 Å². The van der Waals surface area contributed by atoms with E-state index < -0.39 is 17.9 Å². The fraction of sp³-hybridized carbons (Fsp3) is 0.222. The molecule has 0 radical (unpaired) electrons. The van der Waals surface area contributed by atoms with Gasteiger partial charge >= 0.3 is 17.9 Å². The maximum Gasteiger partial charge on any atom is 0.342 e. The Balaban J connectivity index is 1.63. The highest BCUT2D eigenvalue weighted by atomic mass is 127. The van der Waals surface area contributed by atoms with Gasteiger partial charge in [0.15, 0.2) is 0 Å². The summed E-state index contributed by atoms with van der Waals surface area (Å²) in [6.07, 6.45) is 0. The Morgan fingerprint density at radius 2 is 0.767 bits per heavy atom. The van der Waals surface area contributed by atoms with Crippen molar-refractivity contribution in [1.82, 2.24) is 4.90 Å². The van der Waals surface area contributed by atoms with E-state index in [2.05, 4.69) is 0 Å². The van der Waals surface area contributed by atoms with Crippen molar-refractivity contribution < 1.29 is 43.9 Å². The first kappa shape index (κ1) is 37.3. The number of aromatic hydroxyl groups is 3. The third-order valence-corrected chi connectivity index (χ3v) is 10.0. The molecule has 0 fully saturated rings. The van der Waals surface area contributed by atoms with E-state index in [1.807, 2.05) is 136 Å². The normalized spacial score (nSPS) is 11.0. The third kappa shape index (κ3) is 10.9. The van der Waals surface area contributed by atoms with E-state index in [9.17, 15) is 29.7 Å². The molecule has 3 aromatic rings. The molecular formula is C27H21I6NO9. The molecule has 0 amide bonds. The van der Waals surface area contributed by atoms with Gasteiger partial charge in [0.25, 0.3) is 0 Å². The lowest BCUT2D eigenvalue weighted by molar-refractivity contribution is 0.0329. The Hall–Kier alpha value is -0.190. The molecule has 0 aliphatic rings. The summed E-state index contributed by atoms with van der Waals surface area (Å²) in [6.45, 7) is 0.403. The number of hydrogen-bond acceptors (Lipinski definition) is 10. The highest BCUT2D eigenvalue weighted by Gasteiger charge is 2.20. The number of phenolic OH excluding ortho intramolecular Hbond substituents is 3. The van der Waals surface area contributed by atoms with Gasteiger partial charge in [-0.25, -0.2) is 14.4 Å². The molecule has 10 nitrogen and oxygen atoms in total. The number of ether oxygens (including phenoxy) is 3. The van der Waals surface area contributed by atoms with Gasteiger partial charge in [-0.05, 0) is 172 Å². The molecule has 3 rings (SSSR count). The van der Waals surface area contributed by atoms with Crippen LogP contribution in [0.25, 0.3) is 0 Å². The molecule has 0 saturated carbocycles. The number of carbonyl (C=O) groups excluding carboxylic acids is 3. The zero-order valence-corrected chi connectivity index (χ0v) is 34.7. The summed E-state index contributed by atoms with van der Waals surface area (Å²) in [5, 5.41) is 30.8. The lowest BCUT2D eigenvalue weighted by Crippen LogP contribution is -2.35. The molecule has 0 atom stereocenters. The first-order chi connectivity index (χ1) is 20.3.